The molecule has 0 aliphatic rings. The zero-order valence-corrected chi connectivity index (χ0v) is 19.4. The lowest BCUT2D eigenvalue weighted by Crippen LogP contribution is -2.28. The Labute approximate surface area is 197 Å². The normalized spacial score (nSPS) is 10.8. The van der Waals surface area contributed by atoms with Crippen LogP contribution in [0.25, 0.3) is 22.0 Å². The van der Waals surface area contributed by atoms with Crippen molar-refractivity contribution in [3.05, 3.63) is 83.6 Å². The Morgan fingerprint density at radius 2 is 1.38 bits per heavy atom. The molecule has 4 rings (SSSR count). The fraction of sp³-hybridized carbons (Fsp3) is 0.154. The third-order valence-electron chi connectivity index (χ3n) is 5.75. The second-order valence-corrected chi connectivity index (χ2v) is 8.26. The number of fused-ring (bicyclic) bond motifs is 1. The summed E-state index contributed by atoms with van der Waals surface area (Å²) in [6.07, 6.45) is 0. The van der Waals surface area contributed by atoms with E-state index in [1.165, 1.54) is 9.80 Å². The van der Waals surface area contributed by atoms with Crippen molar-refractivity contribution >= 4 is 34.3 Å². The number of nitrogens with zero attached hydrogens (tertiary/aromatic N) is 4. The van der Waals surface area contributed by atoms with Crippen molar-refractivity contribution in [1.29, 1.82) is 0 Å². The predicted octanol–water partition coefficient (Wildman–Crippen LogP) is 3.32. The standard InChI is InChI=1S/C26H25N5O3/c1-29(2)25(33)18-7-5-16(6-8-18)19-11-14-22-21(15-19)23(31(4)28-22)26(34)30(3)20-12-9-17(10-13-20)24(27)32/h5-15H,1-4H3,(H2,27,32). The Hall–Kier alpha value is -4.46. The van der Waals surface area contributed by atoms with Gasteiger partial charge in [-0.3, -0.25) is 19.1 Å². The lowest BCUT2D eigenvalue weighted by molar-refractivity contribution is 0.0827. The van der Waals surface area contributed by atoms with Crippen LogP contribution in [0.3, 0.4) is 0 Å². The number of anilines is 1. The molecule has 3 amide bonds. The summed E-state index contributed by atoms with van der Waals surface area (Å²) in [7, 11) is 6.84. The number of primary amides is 1. The summed E-state index contributed by atoms with van der Waals surface area (Å²) in [5.74, 6) is -0.820. The van der Waals surface area contributed by atoms with Gasteiger partial charge >= 0.3 is 0 Å². The van der Waals surface area contributed by atoms with Crippen LogP contribution in [0, 0.1) is 0 Å². The van der Waals surface area contributed by atoms with Gasteiger partial charge in [-0.2, -0.15) is 5.10 Å². The van der Waals surface area contributed by atoms with Crippen LogP contribution < -0.4 is 10.6 Å². The van der Waals surface area contributed by atoms with E-state index in [0.29, 0.717) is 28.0 Å². The van der Waals surface area contributed by atoms with E-state index in [2.05, 4.69) is 5.10 Å². The molecule has 1 aromatic heterocycles. The molecule has 0 radical (unpaired) electrons. The van der Waals surface area contributed by atoms with Crippen LogP contribution in [-0.2, 0) is 7.05 Å². The van der Waals surface area contributed by atoms with E-state index in [-0.39, 0.29) is 11.8 Å². The highest BCUT2D eigenvalue weighted by Gasteiger charge is 2.22. The van der Waals surface area contributed by atoms with Gasteiger partial charge in [0.25, 0.3) is 11.8 Å². The molecule has 0 aliphatic heterocycles. The molecule has 1 heterocycles. The number of aryl methyl sites for hydroxylation is 1. The van der Waals surface area contributed by atoms with E-state index in [0.717, 1.165) is 16.5 Å². The van der Waals surface area contributed by atoms with E-state index in [1.54, 1.807) is 69.3 Å². The first kappa shape index (κ1) is 22.7. The zero-order chi connectivity index (χ0) is 24.6. The molecule has 0 saturated carbocycles. The molecule has 0 bridgehead atoms. The average Bonchev–Trinajstić information content (AvgIpc) is 3.17. The maximum absolute atomic E-state index is 13.4. The first-order chi connectivity index (χ1) is 16.2. The number of carbonyl (C=O) groups is 3. The molecule has 0 aliphatic carbocycles. The van der Waals surface area contributed by atoms with E-state index in [9.17, 15) is 14.4 Å². The summed E-state index contributed by atoms with van der Waals surface area (Å²) in [6.45, 7) is 0. The van der Waals surface area contributed by atoms with Crippen molar-refractivity contribution < 1.29 is 14.4 Å². The number of aromatic nitrogens is 2. The van der Waals surface area contributed by atoms with Gasteiger partial charge in [0.05, 0.1) is 5.52 Å². The number of amides is 3. The predicted molar refractivity (Wildman–Crippen MR) is 132 cm³/mol. The highest BCUT2D eigenvalue weighted by Crippen LogP contribution is 2.28. The monoisotopic (exact) mass is 455 g/mol. The Balaban J connectivity index is 1.69. The lowest BCUT2D eigenvalue weighted by atomic mass is 10.0. The maximum Gasteiger partial charge on any atom is 0.276 e. The fourth-order valence-electron chi connectivity index (χ4n) is 3.82. The molecule has 0 saturated heterocycles. The number of hydrogen-bond acceptors (Lipinski definition) is 4. The molecule has 0 unspecified atom stereocenters. The van der Waals surface area contributed by atoms with Gasteiger partial charge in [-0.15, -0.1) is 0 Å². The highest BCUT2D eigenvalue weighted by atomic mass is 16.2. The van der Waals surface area contributed by atoms with Crippen molar-refractivity contribution in [2.75, 3.05) is 26.0 Å². The van der Waals surface area contributed by atoms with Crippen LogP contribution in [0.5, 0.6) is 0 Å². The number of carbonyl (C=O) groups excluding carboxylic acids is 3. The van der Waals surface area contributed by atoms with Crippen molar-refractivity contribution in [1.82, 2.24) is 14.7 Å². The third kappa shape index (κ3) is 4.13. The van der Waals surface area contributed by atoms with Crippen LogP contribution in [0.15, 0.2) is 66.7 Å². The number of rotatable bonds is 5. The zero-order valence-electron chi connectivity index (χ0n) is 19.4. The largest absolute Gasteiger partial charge is 0.366 e. The molecular formula is C26H25N5O3. The first-order valence-electron chi connectivity index (χ1n) is 10.6. The summed E-state index contributed by atoms with van der Waals surface area (Å²) in [4.78, 5) is 40.0. The van der Waals surface area contributed by atoms with Crippen LogP contribution in [-0.4, -0.2) is 53.5 Å². The van der Waals surface area contributed by atoms with Gasteiger partial charge in [-0.05, 0) is 59.7 Å². The molecule has 0 fully saturated rings. The minimum absolute atomic E-state index is 0.0611. The Bertz CT molecular complexity index is 1400. The van der Waals surface area contributed by atoms with Crippen molar-refractivity contribution in [2.45, 2.75) is 0 Å². The molecule has 2 N–H and O–H groups in total. The van der Waals surface area contributed by atoms with Gasteiger partial charge in [0.2, 0.25) is 5.91 Å². The van der Waals surface area contributed by atoms with Crippen LogP contribution in [0.4, 0.5) is 5.69 Å². The average molecular weight is 456 g/mol. The van der Waals surface area contributed by atoms with Crippen molar-refractivity contribution in [3.8, 4) is 11.1 Å². The minimum atomic E-state index is -0.523. The Morgan fingerprint density at radius 1 is 0.794 bits per heavy atom. The molecule has 0 atom stereocenters. The molecule has 8 heteroatoms. The molecule has 34 heavy (non-hydrogen) atoms. The first-order valence-corrected chi connectivity index (χ1v) is 10.6. The number of hydrogen-bond donors (Lipinski definition) is 1. The lowest BCUT2D eigenvalue weighted by Gasteiger charge is -2.18. The van der Waals surface area contributed by atoms with Gasteiger partial charge in [0.1, 0.15) is 5.69 Å². The van der Waals surface area contributed by atoms with Gasteiger partial charge in [-0.1, -0.05) is 18.2 Å². The van der Waals surface area contributed by atoms with Gasteiger partial charge < -0.3 is 15.5 Å². The SMILES string of the molecule is CN(C)C(=O)c1ccc(-c2ccc3nn(C)c(C(=O)N(C)c4ccc(C(N)=O)cc4)c3c2)cc1. The van der Waals surface area contributed by atoms with Crippen molar-refractivity contribution in [2.24, 2.45) is 12.8 Å². The van der Waals surface area contributed by atoms with E-state index < -0.39 is 5.91 Å². The summed E-state index contributed by atoms with van der Waals surface area (Å²) in [5, 5.41) is 5.22. The van der Waals surface area contributed by atoms with Gasteiger partial charge in [-0.25, -0.2) is 0 Å². The molecule has 8 nitrogen and oxygen atoms in total. The van der Waals surface area contributed by atoms with Gasteiger partial charge in [0, 0.05) is 50.4 Å². The summed E-state index contributed by atoms with van der Waals surface area (Å²) >= 11 is 0. The fourth-order valence-corrected chi connectivity index (χ4v) is 3.82. The summed E-state index contributed by atoms with van der Waals surface area (Å²) in [5.41, 5.74) is 9.89. The number of benzene rings is 3. The molecule has 3 aromatic carbocycles. The van der Waals surface area contributed by atoms with Crippen molar-refractivity contribution in [3.63, 3.8) is 0 Å². The topological polar surface area (TPSA) is 102 Å². The van der Waals surface area contributed by atoms with E-state index >= 15 is 0 Å². The second-order valence-electron chi connectivity index (χ2n) is 8.26. The summed E-state index contributed by atoms with van der Waals surface area (Å²) < 4.78 is 1.57. The van der Waals surface area contributed by atoms with Crippen LogP contribution in [0.1, 0.15) is 31.2 Å². The minimum Gasteiger partial charge on any atom is -0.366 e. The van der Waals surface area contributed by atoms with Gasteiger partial charge in [0.15, 0.2) is 0 Å². The number of nitrogens with two attached hydrogens (primary N) is 1. The molecule has 0 spiro atoms. The molecular weight excluding hydrogens is 430 g/mol. The quantitative estimate of drug-likeness (QED) is 0.499. The molecule has 172 valence electrons. The second kappa shape index (κ2) is 8.82. The Kier molecular flexibility index (Phi) is 5.89. The summed E-state index contributed by atoms with van der Waals surface area (Å²) in [6, 6.07) is 19.7. The molecule has 4 aromatic rings. The van der Waals surface area contributed by atoms with E-state index in [1.807, 2.05) is 30.3 Å². The van der Waals surface area contributed by atoms with E-state index in [4.69, 9.17) is 5.73 Å². The third-order valence-corrected chi connectivity index (χ3v) is 5.75. The van der Waals surface area contributed by atoms with Crippen LogP contribution in [0.2, 0.25) is 0 Å². The van der Waals surface area contributed by atoms with Crippen LogP contribution >= 0.6 is 0 Å². The maximum atomic E-state index is 13.4. The highest BCUT2D eigenvalue weighted by molar-refractivity contribution is 6.13. The Morgan fingerprint density at radius 3 is 1.97 bits per heavy atom. The smallest absolute Gasteiger partial charge is 0.276 e.